The van der Waals surface area contributed by atoms with Crippen molar-refractivity contribution in [2.24, 2.45) is 0 Å². The zero-order chi connectivity index (χ0) is 13.9. The van der Waals surface area contributed by atoms with Crippen molar-refractivity contribution >= 4 is 17.9 Å². The second-order valence-electron chi connectivity index (χ2n) is 5.75. The van der Waals surface area contributed by atoms with Crippen molar-refractivity contribution in [1.29, 1.82) is 0 Å². The molecule has 0 N–H and O–H groups in total. The fourth-order valence-electron chi connectivity index (χ4n) is 1.99. The van der Waals surface area contributed by atoms with Crippen LogP contribution in [0.3, 0.4) is 0 Å². The molecule has 0 atom stereocenters. The van der Waals surface area contributed by atoms with Crippen LogP contribution >= 0.6 is 11.8 Å². The van der Waals surface area contributed by atoms with Gasteiger partial charge in [-0.05, 0) is 37.1 Å². The topological polar surface area (TPSA) is 29.5 Å². The average Bonchev–Trinajstić information content (AvgIpc) is 2.83. The van der Waals surface area contributed by atoms with Crippen LogP contribution in [0, 0.1) is 0 Å². The van der Waals surface area contributed by atoms with Gasteiger partial charge in [0.1, 0.15) is 5.75 Å². The van der Waals surface area contributed by atoms with E-state index < -0.39 is 0 Å². The summed E-state index contributed by atoms with van der Waals surface area (Å²) in [5.41, 5.74) is 0. The van der Waals surface area contributed by atoms with Crippen LogP contribution in [0.1, 0.15) is 33.6 Å². The normalized spacial score (nSPS) is 15.6. The summed E-state index contributed by atoms with van der Waals surface area (Å²) in [6.07, 6.45) is 1.93. The maximum Gasteiger partial charge on any atom is 0.415 e. The fraction of sp³-hybridized carbons (Fsp3) is 0.533. The van der Waals surface area contributed by atoms with Gasteiger partial charge in [0.25, 0.3) is 0 Å². The van der Waals surface area contributed by atoms with Crippen LogP contribution in [-0.2, 0) is 0 Å². The molecule has 2 rings (SSSR count). The van der Waals surface area contributed by atoms with E-state index in [-0.39, 0.29) is 10.8 Å². The van der Waals surface area contributed by atoms with E-state index in [1.54, 1.807) is 16.7 Å². The molecule has 0 saturated carbocycles. The van der Waals surface area contributed by atoms with E-state index in [4.69, 9.17) is 4.74 Å². The van der Waals surface area contributed by atoms with Gasteiger partial charge in [0.05, 0.1) is 0 Å². The Bertz CT molecular complexity index is 430. The monoisotopic (exact) mass is 279 g/mol. The van der Waals surface area contributed by atoms with E-state index in [1.165, 1.54) is 4.90 Å². The summed E-state index contributed by atoms with van der Waals surface area (Å²) < 4.78 is 5.55. The van der Waals surface area contributed by atoms with Crippen LogP contribution in [0.5, 0.6) is 5.75 Å². The number of hydrogen-bond donors (Lipinski definition) is 0. The van der Waals surface area contributed by atoms with E-state index in [1.807, 2.05) is 24.3 Å². The van der Waals surface area contributed by atoms with E-state index in [9.17, 15) is 4.79 Å². The predicted molar refractivity (Wildman–Crippen MR) is 78.9 cm³/mol. The van der Waals surface area contributed by atoms with Crippen molar-refractivity contribution in [2.45, 2.75) is 43.3 Å². The number of hydrogen-bond acceptors (Lipinski definition) is 3. The molecular formula is C15H21NO2S. The Kier molecular flexibility index (Phi) is 4.40. The molecule has 3 nitrogen and oxygen atoms in total. The average molecular weight is 279 g/mol. The number of amides is 1. The van der Waals surface area contributed by atoms with Crippen LogP contribution in [0.2, 0.25) is 0 Å². The first kappa shape index (κ1) is 14.3. The van der Waals surface area contributed by atoms with Crippen LogP contribution in [0.4, 0.5) is 4.79 Å². The SMILES string of the molecule is CC(C)(C)Sc1ccc(OC(=O)N2CCCC2)cc1. The largest absolute Gasteiger partial charge is 0.415 e. The summed E-state index contributed by atoms with van der Waals surface area (Å²) in [6.45, 7) is 8.17. The first-order valence-corrected chi connectivity index (χ1v) is 7.51. The third kappa shape index (κ3) is 4.46. The molecule has 1 amide bonds. The van der Waals surface area contributed by atoms with Gasteiger partial charge < -0.3 is 9.64 Å². The number of ether oxygens (including phenoxy) is 1. The van der Waals surface area contributed by atoms with Gasteiger partial charge in [-0.1, -0.05) is 20.8 Å². The van der Waals surface area contributed by atoms with Crippen LogP contribution in [-0.4, -0.2) is 28.8 Å². The molecule has 1 heterocycles. The zero-order valence-corrected chi connectivity index (χ0v) is 12.6. The van der Waals surface area contributed by atoms with Crippen LogP contribution in [0.15, 0.2) is 29.2 Å². The first-order chi connectivity index (χ1) is 8.94. The van der Waals surface area contributed by atoms with Gasteiger partial charge in [0.15, 0.2) is 0 Å². The smallest absolute Gasteiger partial charge is 0.410 e. The van der Waals surface area contributed by atoms with Crippen molar-refractivity contribution < 1.29 is 9.53 Å². The molecule has 1 aromatic rings. The van der Waals surface area contributed by atoms with Crippen LogP contribution in [0.25, 0.3) is 0 Å². The van der Waals surface area contributed by atoms with Gasteiger partial charge in [-0.15, -0.1) is 11.8 Å². The molecule has 1 aliphatic heterocycles. The Labute approximate surface area is 119 Å². The van der Waals surface area contributed by atoms with Crippen molar-refractivity contribution in [1.82, 2.24) is 4.90 Å². The summed E-state index contributed by atoms with van der Waals surface area (Å²) in [5, 5.41) is 0. The first-order valence-electron chi connectivity index (χ1n) is 6.70. The third-order valence-corrected chi connectivity index (χ3v) is 3.94. The highest BCUT2D eigenvalue weighted by Crippen LogP contribution is 2.32. The molecule has 0 aliphatic carbocycles. The Morgan fingerprint density at radius 1 is 1.16 bits per heavy atom. The van der Waals surface area contributed by atoms with Gasteiger partial charge in [-0.3, -0.25) is 0 Å². The molecule has 0 unspecified atom stereocenters. The maximum atomic E-state index is 11.8. The van der Waals surface area contributed by atoms with Gasteiger partial charge in [-0.25, -0.2) is 4.79 Å². The highest BCUT2D eigenvalue weighted by Gasteiger charge is 2.19. The molecule has 0 radical (unpaired) electrons. The molecule has 0 spiro atoms. The minimum Gasteiger partial charge on any atom is -0.410 e. The molecule has 19 heavy (non-hydrogen) atoms. The van der Waals surface area contributed by atoms with Crippen molar-refractivity contribution in [3.8, 4) is 5.75 Å². The van der Waals surface area contributed by atoms with E-state index >= 15 is 0 Å². The summed E-state index contributed by atoms with van der Waals surface area (Å²) >= 11 is 1.80. The molecular weight excluding hydrogens is 258 g/mol. The summed E-state index contributed by atoms with van der Waals surface area (Å²) in [7, 11) is 0. The lowest BCUT2D eigenvalue weighted by Crippen LogP contribution is -2.30. The Morgan fingerprint density at radius 2 is 1.74 bits per heavy atom. The van der Waals surface area contributed by atoms with Crippen molar-refractivity contribution in [3.63, 3.8) is 0 Å². The number of benzene rings is 1. The molecule has 1 fully saturated rings. The molecule has 0 aromatic heterocycles. The van der Waals surface area contributed by atoms with E-state index in [0.717, 1.165) is 25.9 Å². The second kappa shape index (κ2) is 5.87. The summed E-state index contributed by atoms with van der Waals surface area (Å²) in [6, 6.07) is 7.73. The number of carbonyl (C=O) groups excluding carboxylic acids is 1. The highest BCUT2D eigenvalue weighted by molar-refractivity contribution is 8.00. The fourth-order valence-corrected chi connectivity index (χ4v) is 2.97. The summed E-state index contributed by atoms with van der Waals surface area (Å²) in [4.78, 5) is 14.8. The number of carbonyl (C=O) groups is 1. The van der Waals surface area contributed by atoms with Gasteiger partial charge in [0, 0.05) is 22.7 Å². The van der Waals surface area contributed by atoms with Gasteiger partial charge >= 0.3 is 6.09 Å². The lowest BCUT2D eigenvalue weighted by atomic mass is 10.3. The molecule has 4 heteroatoms. The maximum absolute atomic E-state index is 11.8. The number of likely N-dealkylation sites (tertiary alicyclic amines) is 1. The van der Waals surface area contributed by atoms with Gasteiger partial charge in [-0.2, -0.15) is 0 Å². The molecule has 0 bridgehead atoms. The second-order valence-corrected chi connectivity index (χ2v) is 7.65. The molecule has 1 aliphatic rings. The van der Waals surface area contributed by atoms with E-state index in [2.05, 4.69) is 20.8 Å². The van der Waals surface area contributed by atoms with Crippen LogP contribution < -0.4 is 4.74 Å². The number of nitrogens with zero attached hydrogens (tertiary/aromatic N) is 1. The molecule has 1 saturated heterocycles. The number of rotatable bonds is 2. The predicted octanol–water partition coefficient (Wildman–Crippen LogP) is 4.17. The third-order valence-electron chi connectivity index (χ3n) is 2.82. The lowest BCUT2D eigenvalue weighted by Gasteiger charge is -2.18. The molecule has 1 aromatic carbocycles. The Morgan fingerprint density at radius 3 is 2.26 bits per heavy atom. The zero-order valence-electron chi connectivity index (χ0n) is 11.8. The van der Waals surface area contributed by atoms with Crippen molar-refractivity contribution in [3.05, 3.63) is 24.3 Å². The lowest BCUT2D eigenvalue weighted by molar-refractivity contribution is 0.162. The Hall–Kier alpha value is -1.16. The number of thioether (sulfide) groups is 1. The highest BCUT2D eigenvalue weighted by atomic mass is 32.2. The minimum absolute atomic E-state index is 0.188. The van der Waals surface area contributed by atoms with E-state index in [0.29, 0.717) is 5.75 Å². The summed E-state index contributed by atoms with van der Waals surface area (Å²) in [5.74, 6) is 0.621. The Balaban J connectivity index is 1.93. The standard InChI is InChI=1S/C15H21NO2S/c1-15(2,3)19-13-8-6-12(7-9-13)18-14(17)16-10-4-5-11-16/h6-9H,4-5,10-11H2,1-3H3. The quantitative estimate of drug-likeness (QED) is 0.761. The molecule has 104 valence electrons. The van der Waals surface area contributed by atoms with Gasteiger partial charge in [0.2, 0.25) is 0 Å². The minimum atomic E-state index is -0.228. The van der Waals surface area contributed by atoms with Crippen molar-refractivity contribution in [2.75, 3.05) is 13.1 Å².